The number of aromatic nitrogens is 5. The molecule has 5 aromatic carbocycles. The molecule has 0 spiro atoms. The van der Waals surface area contributed by atoms with Gasteiger partial charge in [0, 0.05) is 34.0 Å². The topological polar surface area (TPSA) is 77.6 Å². The Labute approximate surface area is 282 Å². The van der Waals surface area contributed by atoms with Crippen LogP contribution in [0.15, 0.2) is 168 Å². The first-order valence-electron chi connectivity index (χ1n) is 16.1. The van der Waals surface area contributed by atoms with Crippen molar-refractivity contribution in [2.24, 2.45) is 0 Å². The van der Waals surface area contributed by atoms with Crippen molar-refractivity contribution < 1.29 is 4.42 Å². The molecule has 49 heavy (non-hydrogen) atoms. The SMILES string of the molecule is c1ccc(-c2ccc(-c3cc(-c4ccc(-c5nc(-c6ccccc6)c6oc7ncccc7c6n5)cc4)nc(-c4ccccc4)n3)cc2)cc1. The zero-order valence-corrected chi connectivity index (χ0v) is 26.2. The maximum Gasteiger partial charge on any atom is 0.229 e. The summed E-state index contributed by atoms with van der Waals surface area (Å²) < 4.78 is 6.18. The second kappa shape index (κ2) is 12.1. The Kier molecular flexibility index (Phi) is 7.02. The second-order valence-corrected chi connectivity index (χ2v) is 11.7. The highest BCUT2D eigenvalue weighted by molar-refractivity contribution is 6.05. The fourth-order valence-electron chi connectivity index (χ4n) is 6.11. The molecule has 0 radical (unpaired) electrons. The Balaban J connectivity index is 1.13. The summed E-state index contributed by atoms with van der Waals surface area (Å²) in [5, 5.41) is 0.855. The van der Waals surface area contributed by atoms with E-state index < -0.39 is 0 Å². The average molecular weight is 630 g/mol. The van der Waals surface area contributed by atoms with Gasteiger partial charge in [-0.05, 0) is 29.3 Å². The van der Waals surface area contributed by atoms with Gasteiger partial charge in [0.1, 0.15) is 11.2 Å². The van der Waals surface area contributed by atoms with E-state index in [1.54, 1.807) is 6.20 Å². The summed E-state index contributed by atoms with van der Waals surface area (Å²) in [5.74, 6) is 1.28. The number of rotatable bonds is 6. The molecule has 6 nitrogen and oxygen atoms in total. The largest absolute Gasteiger partial charge is 0.434 e. The van der Waals surface area contributed by atoms with Crippen LogP contribution in [0.3, 0.4) is 0 Å². The molecule has 9 rings (SSSR count). The minimum Gasteiger partial charge on any atom is -0.434 e. The summed E-state index contributed by atoms with van der Waals surface area (Å²) in [4.78, 5) is 24.5. The lowest BCUT2D eigenvalue weighted by Crippen LogP contribution is -1.96. The standard InChI is InChI=1S/C43H27N5O/c1-4-11-28(12-5-1)29-18-20-30(21-19-29)36-27-37(46-41(45-36)33-15-8-3-9-16-33)31-22-24-34(25-23-31)42-47-38(32-13-6-2-7-14-32)40-39(48-42)35-17-10-26-44-43(35)49-40/h1-27H. The number of hydrogen-bond donors (Lipinski definition) is 0. The van der Waals surface area contributed by atoms with E-state index in [1.807, 2.05) is 91.0 Å². The van der Waals surface area contributed by atoms with Crippen LogP contribution in [0.2, 0.25) is 0 Å². The van der Waals surface area contributed by atoms with E-state index in [0.717, 1.165) is 61.4 Å². The number of furan rings is 1. The lowest BCUT2D eigenvalue weighted by molar-refractivity contribution is 0.652. The number of fused-ring (bicyclic) bond motifs is 3. The van der Waals surface area contributed by atoms with Crippen molar-refractivity contribution in [2.75, 3.05) is 0 Å². The summed E-state index contributed by atoms with van der Waals surface area (Å²) in [7, 11) is 0. The minimum atomic E-state index is 0.542. The van der Waals surface area contributed by atoms with Gasteiger partial charge in [0.2, 0.25) is 5.71 Å². The van der Waals surface area contributed by atoms with Crippen LogP contribution in [0, 0.1) is 0 Å². The lowest BCUT2D eigenvalue weighted by atomic mass is 10.0. The molecule has 0 aliphatic heterocycles. The van der Waals surface area contributed by atoms with Crippen LogP contribution in [0.5, 0.6) is 0 Å². The zero-order valence-electron chi connectivity index (χ0n) is 26.2. The lowest BCUT2D eigenvalue weighted by Gasteiger charge is -2.11. The summed E-state index contributed by atoms with van der Waals surface area (Å²) in [6.07, 6.45) is 1.72. The monoisotopic (exact) mass is 629 g/mol. The fraction of sp³-hybridized carbons (Fsp3) is 0. The zero-order chi connectivity index (χ0) is 32.6. The number of hydrogen-bond acceptors (Lipinski definition) is 6. The van der Waals surface area contributed by atoms with Crippen molar-refractivity contribution in [1.29, 1.82) is 0 Å². The van der Waals surface area contributed by atoms with Crippen molar-refractivity contribution in [3.05, 3.63) is 164 Å². The van der Waals surface area contributed by atoms with Crippen LogP contribution in [0.1, 0.15) is 0 Å². The Morgan fingerprint density at radius 2 is 0.878 bits per heavy atom. The van der Waals surface area contributed by atoms with Gasteiger partial charge in [-0.1, -0.05) is 140 Å². The molecule has 4 aromatic heterocycles. The van der Waals surface area contributed by atoms with Crippen LogP contribution in [0.25, 0.3) is 89.9 Å². The summed E-state index contributed by atoms with van der Waals surface area (Å²) >= 11 is 0. The van der Waals surface area contributed by atoms with Crippen molar-refractivity contribution in [3.8, 4) is 67.7 Å². The third-order valence-electron chi connectivity index (χ3n) is 8.62. The first-order chi connectivity index (χ1) is 24.3. The number of pyridine rings is 1. The molecule has 0 bridgehead atoms. The number of nitrogens with zero attached hydrogens (tertiary/aromatic N) is 5. The highest BCUT2D eigenvalue weighted by Gasteiger charge is 2.19. The van der Waals surface area contributed by atoms with Gasteiger partial charge in [0.05, 0.1) is 16.8 Å². The van der Waals surface area contributed by atoms with Crippen LogP contribution in [0.4, 0.5) is 0 Å². The molecule has 6 heteroatoms. The van der Waals surface area contributed by atoms with Crippen molar-refractivity contribution in [3.63, 3.8) is 0 Å². The summed E-state index contributed by atoms with van der Waals surface area (Å²) in [5.41, 5.74) is 11.4. The van der Waals surface area contributed by atoms with Gasteiger partial charge in [0.25, 0.3) is 0 Å². The molecule has 0 saturated heterocycles. The van der Waals surface area contributed by atoms with Crippen LogP contribution >= 0.6 is 0 Å². The van der Waals surface area contributed by atoms with Crippen molar-refractivity contribution >= 4 is 22.2 Å². The summed E-state index contributed by atoms with van der Waals surface area (Å²) in [6, 6.07) is 53.2. The third-order valence-corrected chi connectivity index (χ3v) is 8.62. The highest BCUT2D eigenvalue weighted by atomic mass is 16.3. The Morgan fingerprint density at radius 1 is 0.388 bits per heavy atom. The maximum absolute atomic E-state index is 6.18. The quantitative estimate of drug-likeness (QED) is 0.182. The predicted octanol–water partition coefficient (Wildman–Crippen LogP) is 10.6. The van der Waals surface area contributed by atoms with E-state index in [4.69, 9.17) is 24.4 Å². The molecule has 9 aromatic rings. The molecular formula is C43H27N5O. The third kappa shape index (κ3) is 5.41. The van der Waals surface area contributed by atoms with Crippen LogP contribution in [-0.4, -0.2) is 24.9 Å². The van der Waals surface area contributed by atoms with E-state index in [2.05, 4.69) is 71.7 Å². The Bertz CT molecular complexity index is 2570. The predicted molar refractivity (Wildman–Crippen MR) is 195 cm³/mol. The number of benzene rings is 5. The van der Waals surface area contributed by atoms with Crippen molar-refractivity contribution in [1.82, 2.24) is 24.9 Å². The maximum atomic E-state index is 6.18. The molecular weight excluding hydrogens is 603 g/mol. The van der Waals surface area contributed by atoms with E-state index in [0.29, 0.717) is 22.9 Å². The second-order valence-electron chi connectivity index (χ2n) is 11.7. The van der Waals surface area contributed by atoms with E-state index in [-0.39, 0.29) is 0 Å². The van der Waals surface area contributed by atoms with E-state index in [9.17, 15) is 0 Å². The average Bonchev–Trinajstić information content (AvgIpc) is 3.57. The highest BCUT2D eigenvalue weighted by Crippen LogP contribution is 2.35. The molecule has 0 amide bonds. The van der Waals surface area contributed by atoms with Crippen molar-refractivity contribution in [2.45, 2.75) is 0 Å². The fourth-order valence-corrected chi connectivity index (χ4v) is 6.11. The van der Waals surface area contributed by atoms with Crippen LogP contribution < -0.4 is 0 Å². The van der Waals surface area contributed by atoms with Gasteiger partial charge in [0.15, 0.2) is 17.2 Å². The molecule has 0 atom stereocenters. The molecule has 0 fully saturated rings. The summed E-state index contributed by atoms with van der Waals surface area (Å²) in [6.45, 7) is 0. The Hall–Kier alpha value is -6.79. The van der Waals surface area contributed by atoms with Gasteiger partial charge >= 0.3 is 0 Å². The Morgan fingerprint density at radius 3 is 1.51 bits per heavy atom. The van der Waals surface area contributed by atoms with Gasteiger partial charge in [-0.2, -0.15) is 0 Å². The van der Waals surface area contributed by atoms with E-state index in [1.165, 1.54) is 5.56 Å². The molecule has 230 valence electrons. The van der Waals surface area contributed by atoms with Crippen LogP contribution in [-0.2, 0) is 0 Å². The molecule has 0 saturated carbocycles. The normalized spacial score (nSPS) is 11.3. The molecule has 0 aliphatic rings. The van der Waals surface area contributed by atoms with Gasteiger partial charge in [-0.15, -0.1) is 0 Å². The van der Waals surface area contributed by atoms with Gasteiger partial charge in [-0.25, -0.2) is 24.9 Å². The first kappa shape index (κ1) is 28.4. The molecule has 0 N–H and O–H groups in total. The minimum absolute atomic E-state index is 0.542. The molecule has 0 unspecified atom stereocenters. The van der Waals surface area contributed by atoms with E-state index >= 15 is 0 Å². The van der Waals surface area contributed by atoms with Gasteiger partial charge in [-0.3, -0.25) is 0 Å². The first-order valence-corrected chi connectivity index (χ1v) is 16.1. The van der Waals surface area contributed by atoms with Gasteiger partial charge < -0.3 is 4.42 Å². The molecule has 4 heterocycles. The molecule has 0 aliphatic carbocycles. The smallest absolute Gasteiger partial charge is 0.229 e.